The number of fused-ring (bicyclic) bond motifs is 4. The predicted octanol–water partition coefficient (Wildman–Crippen LogP) is 5.72. The van der Waals surface area contributed by atoms with Crippen LogP contribution in [0.4, 0.5) is 5.13 Å². The van der Waals surface area contributed by atoms with Crippen LogP contribution in [0.25, 0.3) is 26.8 Å². The fourth-order valence-corrected chi connectivity index (χ4v) is 6.05. The molecule has 0 aliphatic heterocycles. The van der Waals surface area contributed by atoms with Gasteiger partial charge in [0, 0.05) is 17.6 Å². The minimum atomic E-state index is -0.371. The molecule has 0 aliphatic rings. The molecule has 5 rings (SSSR count). The minimum absolute atomic E-state index is 0.131. The Balaban J connectivity index is 1.28. The van der Waals surface area contributed by atoms with Gasteiger partial charge in [0.05, 0.1) is 27.9 Å². The molecular formula is C26H25N5O3S2. The van der Waals surface area contributed by atoms with E-state index in [1.165, 1.54) is 39.6 Å². The van der Waals surface area contributed by atoms with Crippen LogP contribution in [0.5, 0.6) is 0 Å². The first kappa shape index (κ1) is 24.2. The molecule has 1 amide bonds. The summed E-state index contributed by atoms with van der Waals surface area (Å²) in [5.74, 6) is 0.0448. The van der Waals surface area contributed by atoms with Gasteiger partial charge in [-0.15, -0.1) is 10.2 Å². The Morgan fingerprint density at radius 1 is 1.08 bits per heavy atom. The van der Waals surface area contributed by atoms with E-state index in [4.69, 9.17) is 4.74 Å². The number of hydrogen-bond acceptors (Lipinski definition) is 8. The molecule has 36 heavy (non-hydrogen) atoms. The molecule has 0 saturated carbocycles. The summed E-state index contributed by atoms with van der Waals surface area (Å²) in [7, 11) is 0. The summed E-state index contributed by atoms with van der Waals surface area (Å²) in [5.41, 5.74) is 6.64. The van der Waals surface area contributed by atoms with Gasteiger partial charge in [0.2, 0.25) is 5.91 Å². The van der Waals surface area contributed by atoms with Gasteiger partial charge in [0.25, 0.3) is 0 Å². The molecule has 2 aromatic carbocycles. The first-order valence-corrected chi connectivity index (χ1v) is 13.4. The summed E-state index contributed by atoms with van der Waals surface area (Å²) in [4.78, 5) is 29.0. The highest BCUT2D eigenvalue weighted by molar-refractivity contribution is 7.99. The smallest absolute Gasteiger partial charge is 0.338 e. The number of carbonyl (C=O) groups excluding carboxylic acids is 2. The van der Waals surface area contributed by atoms with Gasteiger partial charge in [0.15, 0.2) is 15.9 Å². The van der Waals surface area contributed by atoms with Gasteiger partial charge in [-0.2, -0.15) is 0 Å². The van der Waals surface area contributed by atoms with Crippen LogP contribution >= 0.6 is 23.1 Å². The molecule has 0 atom stereocenters. The molecule has 0 unspecified atom stereocenters. The van der Waals surface area contributed by atoms with Gasteiger partial charge in [-0.3, -0.25) is 9.20 Å². The number of benzene rings is 2. The molecule has 10 heteroatoms. The Hall–Kier alpha value is -3.50. The number of nitrogens with one attached hydrogen (secondary N) is 1. The van der Waals surface area contributed by atoms with Crippen LogP contribution in [0.15, 0.2) is 41.6 Å². The molecular weight excluding hydrogens is 494 g/mol. The molecule has 184 valence electrons. The summed E-state index contributed by atoms with van der Waals surface area (Å²) >= 11 is 2.83. The van der Waals surface area contributed by atoms with Gasteiger partial charge in [0.1, 0.15) is 0 Å². The minimum Gasteiger partial charge on any atom is -0.462 e. The molecule has 0 aliphatic carbocycles. The number of amides is 1. The van der Waals surface area contributed by atoms with E-state index < -0.39 is 0 Å². The number of carbonyl (C=O) groups is 2. The molecule has 5 aromatic rings. The number of pyridine rings is 1. The largest absolute Gasteiger partial charge is 0.462 e. The van der Waals surface area contributed by atoms with Crippen LogP contribution in [-0.2, 0) is 9.53 Å². The molecule has 1 N–H and O–H groups in total. The lowest BCUT2D eigenvalue weighted by Crippen LogP contribution is -2.12. The summed E-state index contributed by atoms with van der Waals surface area (Å²) in [6.45, 7) is 8.38. The molecule has 8 nitrogen and oxygen atoms in total. The monoisotopic (exact) mass is 519 g/mol. The summed E-state index contributed by atoms with van der Waals surface area (Å²) in [6, 6.07) is 11.6. The Bertz CT molecular complexity index is 1640. The second-order valence-electron chi connectivity index (χ2n) is 8.55. The maximum absolute atomic E-state index is 12.6. The third kappa shape index (κ3) is 4.66. The fraction of sp³-hybridized carbons (Fsp3) is 0.269. The second kappa shape index (κ2) is 9.87. The third-order valence-corrected chi connectivity index (χ3v) is 7.67. The van der Waals surface area contributed by atoms with E-state index in [0.717, 1.165) is 32.1 Å². The highest BCUT2D eigenvalue weighted by Crippen LogP contribution is 2.30. The van der Waals surface area contributed by atoms with Crippen LogP contribution in [0.3, 0.4) is 0 Å². The van der Waals surface area contributed by atoms with Crippen molar-refractivity contribution in [2.75, 3.05) is 17.7 Å². The van der Waals surface area contributed by atoms with Crippen molar-refractivity contribution in [3.63, 3.8) is 0 Å². The van der Waals surface area contributed by atoms with Crippen molar-refractivity contribution in [1.82, 2.24) is 19.6 Å². The quantitative estimate of drug-likeness (QED) is 0.217. The number of rotatable bonds is 7. The molecule has 0 radical (unpaired) electrons. The fourth-order valence-electron chi connectivity index (χ4n) is 4.24. The van der Waals surface area contributed by atoms with E-state index in [2.05, 4.69) is 57.8 Å². The number of thioether (sulfide) groups is 1. The van der Waals surface area contributed by atoms with Crippen molar-refractivity contribution < 1.29 is 14.3 Å². The van der Waals surface area contributed by atoms with Crippen molar-refractivity contribution in [2.45, 2.75) is 39.3 Å². The number of esters is 1. The van der Waals surface area contributed by atoms with E-state index in [1.807, 2.05) is 6.07 Å². The molecule has 3 aromatic heterocycles. The molecule has 0 fully saturated rings. The Labute approximate surface area is 216 Å². The topological polar surface area (TPSA) is 98.5 Å². The lowest BCUT2D eigenvalue weighted by atomic mass is 10.0. The normalized spacial score (nSPS) is 11.4. The first-order chi connectivity index (χ1) is 17.3. The average molecular weight is 520 g/mol. The van der Waals surface area contributed by atoms with Gasteiger partial charge in [-0.1, -0.05) is 34.7 Å². The SMILES string of the molecule is CCOC(=O)c1ccc2nc(NC(=O)CCSc3nnc4cc(C)c5cc(C)cc(C)c5n34)sc2c1. The summed E-state index contributed by atoms with van der Waals surface area (Å²) in [6.07, 6.45) is 0.297. The predicted molar refractivity (Wildman–Crippen MR) is 144 cm³/mol. The van der Waals surface area contributed by atoms with E-state index in [1.54, 1.807) is 25.1 Å². The molecule has 0 bridgehead atoms. The summed E-state index contributed by atoms with van der Waals surface area (Å²) < 4.78 is 7.94. The summed E-state index contributed by atoms with van der Waals surface area (Å²) in [5, 5.41) is 14.1. The zero-order chi connectivity index (χ0) is 25.4. The van der Waals surface area contributed by atoms with Crippen LogP contribution in [0.2, 0.25) is 0 Å². The number of thiazole rings is 1. The van der Waals surface area contributed by atoms with Crippen LogP contribution in [0, 0.1) is 20.8 Å². The van der Waals surface area contributed by atoms with Gasteiger partial charge in [-0.05, 0) is 69.2 Å². The van der Waals surface area contributed by atoms with E-state index in [-0.39, 0.29) is 11.9 Å². The maximum atomic E-state index is 12.6. The van der Waals surface area contributed by atoms with E-state index >= 15 is 0 Å². The standard InChI is InChI=1S/C26H25N5O3S2/c1-5-34-24(33)17-6-7-19-20(13-17)36-25(27-19)28-22(32)8-9-35-26-30-29-21-12-15(3)18-11-14(2)10-16(4)23(18)31(21)26/h6-7,10-13H,5,8-9H2,1-4H3,(H,27,28,32). The maximum Gasteiger partial charge on any atom is 0.338 e. The number of nitrogens with zero attached hydrogens (tertiary/aromatic N) is 4. The third-order valence-electron chi connectivity index (χ3n) is 5.80. The number of aryl methyl sites for hydroxylation is 3. The van der Waals surface area contributed by atoms with E-state index in [9.17, 15) is 9.59 Å². The average Bonchev–Trinajstić information content (AvgIpc) is 3.42. The van der Waals surface area contributed by atoms with Crippen molar-refractivity contribution >= 4 is 66.9 Å². The lowest BCUT2D eigenvalue weighted by Gasteiger charge is -2.11. The number of ether oxygens (including phenoxy) is 1. The number of anilines is 1. The van der Waals surface area contributed by atoms with Crippen molar-refractivity contribution in [2.24, 2.45) is 0 Å². The highest BCUT2D eigenvalue weighted by Gasteiger charge is 2.15. The zero-order valence-corrected chi connectivity index (χ0v) is 22.0. The Morgan fingerprint density at radius 3 is 2.72 bits per heavy atom. The molecule has 0 saturated heterocycles. The van der Waals surface area contributed by atoms with Crippen LogP contribution in [-0.4, -0.2) is 43.8 Å². The lowest BCUT2D eigenvalue weighted by molar-refractivity contribution is -0.115. The van der Waals surface area contributed by atoms with Gasteiger partial charge in [-0.25, -0.2) is 9.78 Å². The molecule has 3 heterocycles. The van der Waals surface area contributed by atoms with Crippen LogP contribution in [0.1, 0.15) is 40.4 Å². The number of hydrogen-bond donors (Lipinski definition) is 1. The Kier molecular flexibility index (Phi) is 6.63. The second-order valence-corrected chi connectivity index (χ2v) is 10.6. The van der Waals surface area contributed by atoms with Crippen molar-refractivity contribution in [3.05, 3.63) is 58.7 Å². The number of aromatic nitrogens is 4. The van der Waals surface area contributed by atoms with E-state index in [0.29, 0.717) is 29.5 Å². The van der Waals surface area contributed by atoms with Crippen molar-refractivity contribution in [1.29, 1.82) is 0 Å². The Morgan fingerprint density at radius 2 is 1.92 bits per heavy atom. The van der Waals surface area contributed by atoms with Gasteiger partial charge >= 0.3 is 5.97 Å². The highest BCUT2D eigenvalue weighted by atomic mass is 32.2. The zero-order valence-electron chi connectivity index (χ0n) is 20.4. The van der Waals surface area contributed by atoms with Gasteiger partial charge < -0.3 is 10.1 Å². The first-order valence-electron chi connectivity index (χ1n) is 11.6. The molecule has 0 spiro atoms. The van der Waals surface area contributed by atoms with Crippen molar-refractivity contribution in [3.8, 4) is 0 Å². The van der Waals surface area contributed by atoms with Crippen LogP contribution < -0.4 is 5.32 Å².